The van der Waals surface area contributed by atoms with Gasteiger partial charge in [0.15, 0.2) is 0 Å². The van der Waals surface area contributed by atoms with Crippen LogP contribution < -0.4 is 20.1 Å². The van der Waals surface area contributed by atoms with Gasteiger partial charge >= 0.3 is 12.1 Å². The third kappa shape index (κ3) is 7.53. The highest BCUT2D eigenvalue weighted by atomic mass is 16.6. The Morgan fingerprint density at radius 2 is 1.96 bits per heavy atom. The van der Waals surface area contributed by atoms with E-state index in [1.165, 1.54) is 4.90 Å². The summed E-state index contributed by atoms with van der Waals surface area (Å²) in [7, 11) is 1.57. The van der Waals surface area contributed by atoms with Crippen LogP contribution in [0.15, 0.2) is 55.1 Å². The number of aliphatic carboxylic acids is 1. The molecule has 3 N–H and O–H groups in total. The Morgan fingerprint density at radius 1 is 1.14 bits per heavy atom. The fourth-order valence-corrected chi connectivity index (χ4v) is 6.69. The van der Waals surface area contributed by atoms with Gasteiger partial charge in [-0.3, -0.25) is 14.2 Å². The molecule has 1 unspecified atom stereocenters. The van der Waals surface area contributed by atoms with E-state index in [9.17, 15) is 24.3 Å². The molecule has 3 aromatic rings. The molecule has 4 heterocycles. The molecule has 5 atom stereocenters. The molecule has 2 fully saturated rings. The quantitative estimate of drug-likeness (QED) is 0.319. The fourth-order valence-electron chi connectivity index (χ4n) is 6.69. The van der Waals surface area contributed by atoms with Gasteiger partial charge in [-0.15, -0.1) is 0 Å². The first kappa shape index (κ1) is 34.7. The topological polar surface area (TPSA) is 174 Å². The first-order valence-electron chi connectivity index (χ1n) is 17.0. The van der Waals surface area contributed by atoms with E-state index in [-0.39, 0.29) is 25.3 Å². The number of aromatic nitrogens is 3. The number of carbonyl (C=O) groups excluding carboxylic acids is 3. The van der Waals surface area contributed by atoms with Crippen LogP contribution in [-0.2, 0) is 19.1 Å². The zero-order valence-corrected chi connectivity index (χ0v) is 28.8. The van der Waals surface area contributed by atoms with Gasteiger partial charge in [0.05, 0.1) is 19.2 Å². The number of benzene rings is 1. The lowest BCUT2D eigenvalue weighted by Crippen LogP contribution is -2.56. The van der Waals surface area contributed by atoms with Crippen molar-refractivity contribution in [2.45, 2.75) is 95.0 Å². The molecule has 2 aliphatic heterocycles. The minimum absolute atomic E-state index is 0.0210. The third-order valence-corrected chi connectivity index (χ3v) is 9.34. The Labute approximate surface area is 290 Å². The normalized spacial score (nSPS) is 26.4. The van der Waals surface area contributed by atoms with E-state index in [4.69, 9.17) is 19.2 Å². The Balaban J connectivity index is 1.34. The molecule has 3 aliphatic rings. The summed E-state index contributed by atoms with van der Waals surface area (Å²) >= 11 is 0. The minimum atomic E-state index is -1.45. The molecule has 50 heavy (non-hydrogen) atoms. The van der Waals surface area contributed by atoms with E-state index in [1.54, 1.807) is 69.4 Å². The lowest BCUT2D eigenvalue weighted by Gasteiger charge is -2.30. The number of methoxy groups -OCH3 is 1. The van der Waals surface area contributed by atoms with Crippen molar-refractivity contribution in [1.82, 2.24) is 30.1 Å². The number of hydrogen-bond acceptors (Lipinski definition) is 9. The molecule has 1 aliphatic carbocycles. The molecule has 3 amide bonds. The second-order valence-corrected chi connectivity index (χ2v) is 14.2. The van der Waals surface area contributed by atoms with Gasteiger partial charge in [-0.1, -0.05) is 25.0 Å². The molecule has 14 nitrogen and oxygen atoms in total. The van der Waals surface area contributed by atoms with Crippen LogP contribution in [-0.4, -0.2) is 91.4 Å². The molecular weight excluding hydrogens is 644 g/mol. The number of allylic oxidation sites excluding steroid dienone is 1. The van der Waals surface area contributed by atoms with E-state index in [2.05, 4.69) is 15.6 Å². The number of carboxylic acids is 1. The van der Waals surface area contributed by atoms with Crippen LogP contribution in [0.1, 0.15) is 65.7 Å². The molecule has 6 rings (SSSR count). The van der Waals surface area contributed by atoms with E-state index in [0.29, 0.717) is 41.1 Å². The van der Waals surface area contributed by atoms with Crippen molar-refractivity contribution in [3.05, 3.63) is 55.1 Å². The number of nitrogens with zero attached hydrogens (tertiary/aromatic N) is 4. The molecule has 0 radical (unpaired) electrons. The molecule has 2 aromatic heterocycles. The zero-order valence-electron chi connectivity index (χ0n) is 28.8. The summed E-state index contributed by atoms with van der Waals surface area (Å²) in [5.74, 6) is -0.902. The number of amides is 3. The molecule has 266 valence electrons. The summed E-state index contributed by atoms with van der Waals surface area (Å²) < 4.78 is 19.3. The predicted octanol–water partition coefficient (Wildman–Crippen LogP) is 4.15. The Kier molecular flexibility index (Phi) is 9.72. The maximum Gasteiger partial charge on any atom is 0.408 e. The van der Waals surface area contributed by atoms with Gasteiger partial charge in [0.2, 0.25) is 11.8 Å². The van der Waals surface area contributed by atoms with Crippen molar-refractivity contribution in [2.75, 3.05) is 13.7 Å². The SMILES string of the molecule is COc1ccc2c(O[C@@H]3C[C@H]4C(=O)N[C@]5(C(=O)O)C[C@H]5/C=C\CCCCCC(NC(=O)OC(C)(C)C)C(=O)N4C3)cc(-n3ccnc3)nc2c1. The van der Waals surface area contributed by atoms with Crippen molar-refractivity contribution < 1.29 is 38.5 Å². The van der Waals surface area contributed by atoms with Gasteiger partial charge in [0.25, 0.3) is 0 Å². The number of ether oxygens (including phenoxy) is 3. The number of alkyl carbamates (subject to hydrolysis) is 1. The second kappa shape index (κ2) is 14.0. The Bertz CT molecular complexity index is 1790. The van der Waals surface area contributed by atoms with Crippen molar-refractivity contribution in [3.8, 4) is 17.3 Å². The summed E-state index contributed by atoms with van der Waals surface area (Å²) in [6.07, 6.45) is 11.1. The second-order valence-electron chi connectivity index (χ2n) is 14.2. The number of rotatable bonds is 6. The van der Waals surface area contributed by atoms with Gasteiger partial charge < -0.3 is 34.9 Å². The van der Waals surface area contributed by atoms with E-state index >= 15 is 0 Å². The minimum Gasteiger partial charge on any atom is -0.497 e. The number of imidazole rings is 1. The highest BCUT2D eigenvalue weighted by Gasteiger charge is 2.61. The molecular formula is C36H44N6O8. The molecule has 1 aromatic carbocycles. The maximum absolute atomic E-state index is 14.4. The highest BCUT2D eigenvalue weighted by Crippen LogP contribution is 2.45. The van der Waals surface area contributed by atoms with Gasteiger partial charge in [0, 0.05) is 42.3 Å². The molecule has 1 saturated carbocycles. The highest BCUT2D eigenvalue weighted by molar-refractivity contribution is 5.96. The summed E-state index contributed by atoms with van der Waals surface area (Å²) in [6.45, 7) is 5.23. The van der Waals surface area contributed by atoms with Crippen LogP contribution in [0.4, 0.5) is 4.79 Å². The smallest absolute Gasteiger partial charge is 0.408 e. The monoisotopic (exact) mass is 688 g/mol. The van der Waals surface area contributed by atoms with Crippen molar-refractivity contribution >= 4 is 34.8 Å². The first-order chi connectivity index (χ1) is 23.9. The number of carbonyl (C=O) groups is 4. The Morgan fingerprint density at radius 3 is 2.68 bits per heavy atom. The Hall–Kier alpha value is -5.14. The molecule has 0 bridgehead atoms. The standard InChI is InChI=1S/C36H44N6O8/c1-35(2,3)50-34(47)39-26-11-9-7-5-6-8-10-22-19-36(22,33(45)46)40-31(43)28-17-24(20-42(28)32(26)44)49-29-18-30(41-15-14-37-21-41)38-27-16-23(48-4)12-13-25(27)29/h8,10,12-16,18,21-22,24,26,28H,5-7,9,11,17,19-20H2,1-4H3,(H,39,47)(H,40,43)(H,45,46)/b10-8-/t22-,24-,26?,28+,36-/m1/s1. The predicted molar refractivity (Wildman–Crippen MR) is 182 cm³/mol. The van der Waals surface area contributed by atoms with Gasteiger partial charge in [-0.05, 0) is 58.6 Å². The van der Waals surface area contributed by atoms with Crippen LogP contribution in [0.5, 0.6) is 11.5 Å². The van der Waals surface area contributed by atoms with E-state index in [0.717, 1.165) is 19.3 Å². The maximum atomic E-state index is 14.4. The van der Waals surface area contributed by atoms with E-state index in [1.807, 2.05) is 18.2 Å². The number of pyridine rings is 1. The van der Waals surface area contributed by atoms with E-state index < -0.39 is 53.2 Å². The summed E-state index contributed by atoms with van der Waals surface area (Å²) in [6, 6.07) is 5.16. The number of carboxylic acid groups (broad SMARTS) is 1. The van der Waals surface area contributed by atoms with Crippen LogP contribution in [0, 0.1) is 5.92 Å². The summed E-state index contributed by atoms with van der Waals surface area (Å²) in [4.78, 5) is 64.1. The number of hydrogen-bond donors (Lipinski definition) is 3. The van der Waals surface area contributed by atoms with Crippen molar-refractivity contribution in [3.63, 3.8) is 0 Å². The zero-order chi connectivity index (χ0) is 35.6. The third-order valence-electron chi connectivity index (χ3n) is 9.34. The van der Waals surface area contributed by atoms with Crippen molar-refractivity contribution in [1.29, 1.82) is 0 Å². The van der Waals surface area contributed by atoms with Crippen LogP contribution in [0.2, 0.25) is 0 Å². The van der Waals surface area contributed by atoms with Gasteiger partial charge in [0.1, 0.15) is 53.0 Å². The number of nitrogens with one attached hydrogen (secondary N) is 2. The first-order valence-corrected chi connectivity index (χ1v) is 17.0. The van der Waals surface area contributed by atoms with Crippen LogP contribution in [0.3, 0.4) is 0 Å². The fraction of sp³-hybridized carbons (Fsp3) is 0.500. The average Bonchev–Trinajstić information content (AvgIpc) is 3.38. The van der Waals surface area contributed by atoms with Crippen LogP contribution >= 0.6 is 0 Å². The van der Waals surface area contributed by atoms with Crippen molar-refractivity contribution in [2.24, 2.45) is 5.92 Å². The average molecular weight is 689 g/mol. The van der Waals surface area contributed by atoms with Gasteiger partial charge in [-0.25, -0.2) is 19.6 Å². The summed E-state index contributed by atoms with van der Waals surface area (Å²) in [5.41, 5.74) is -1.63. The number of fused-ring (bicyclic) bond motifs is 3. The van der Waals surface area contributed by atoms with Gasteiger partial charge in [-0.2, -0.15) is 0 Å². The molecule has 1 saturated heterocycles. The largest absolute Gasteiger partial charge is 0.497 e. The lowest BCUT2D eigenvalue weighted by molar-refractivity contribution is -0.145. The van der Waals surface area contributed by atoms with Crippen LogP contribution in [0.25, 0.3) is 16.7 Å². The lowest BCUT2D eigenvalue weighted by atomic mass is 10.0. The summed E-state index contributed by atoms with van der Waals surface area (Å²) in [5, 5.41) is 16.4. The molecule has 0 spiro atoms. The molecule has 14 heteroatoms.